The van der Waals surface area contributed by atoms with Crippen molar-refractivity contribution in [2.45, 2.75) is 13.3 Å². The summed E-state index contributed by atoms with van der Waals surface area (Å²) in [5, 5.41) is 0. The van der Waals surface area contributed by atoms with Gasteiger partial charge in [0.15, 0.2) is 0 Å². The lowest BCUT2D eigenvalue weighted by Crippen LogP contribution is -2.43. The van der Waals surface area contributed by atoms with Crippen molar-refractivity contribution in [3.8, 4) is 11.1 Å². The van der Waals surface area contributed by atoms with Crippen molar-refractivity contribution < 1.29 is 18.0 Å². The summed E-state index contributed by atoms with van der Waals surface area (Å²) in [4.78, 5) is 33.4. The molecular weight excluding hydrogens is 416 g/mol. The molecule has 1 saturated heterocycles. The highest BCUT2D eigenvalue weighted by atomic mass is 32.2. The molecule has 2 amide bonds. The fourth-order valence-electron chi connectivity index (χ4n) is 3.81. The highest BCUT2D eigenvalue weighted by molar-refractivity contribution is 7.88. The van der Waals surface area contributed by atoms with Gasteiger partial charge in [-0.15, -0.1) is 0 Å². The van der Waals surface area contributed by atoms with Crippen LogP contribution in [0.25, 0.3) is 11.1 Å². The van der Waals surface area contributed by atoms with Gasteiger partial charge in [0.05, 0.1) is 18.7 Å². The number of hydrogen-bond donors (Lipinski definition) is 1. The van der Waals surface area contributed by atoms with Gasteiger partial charge in [0.25, 0.3) is 0 Å². The summed E-state index contributed by atoms with van der Waals surface area (Å²) in [5.74, 6) is -0.737. The second kappa shape index (κ2) is 10.0. The number of nitrogens with zero attached hydrogens (tertiary/aromatic N) is 3. The molecule has 3 rings (SSSR count). The first-order valence-corrected chi connectivity index (χ1v) is 12.2. The minimum absolute atomic E-state index is 0.00913. The van der Waals surface area contributed by atoms with E-state index in [1.807, 2.05) is 43.3 Å². The lowest BCUT2D eigenvalue weighted by Gasteiger charge is -2.24. The zero-order chi connectivity index (χ0) is 22.4. The molecule has 1 aliphatic rings. The monoisotopic (exact) mass is 444 g/mol. The van der Waals surface area contributed by atoms with Crippen molar-refractivity contribution in [3.63, 3.8) is 0 Å². The van der Waals surface area contributed by atoms with Crippen LogP contribution in [0.15, 0.2) is 48.8 Å². The van der Waals surface area contributed by atoms with Crippen LogP contribution in [0.2, 0.25) is 0 Å². The number of carbonyl (C=O) groups excluding carboxylic acids is 2. The summed E-state index contributed by atoms with van der Waals surface area (Å²) in [6.45, 7) is 3.23. The van der Waals surface area contributed by atoms with Gasteiger partial charge in [0.2, 0.25) is 21.8 Å². The molecule has 1 atom stereocenters. The van der Waals surface area contributed by atoms with Gasteiger partial charge in [-0.1, -0.05) is 30.3 Å². The Hall–Kier alpha value is -2.78. The molecule has 31 heavy (non-hydrogen) atoms. The van der Waals surface area contributed by atoms with E-state index >= 15 is 0 Å². The van der Waals surface area contributed by atoms with Gasteiger partial charge in [-0.25, -0.2) is 13.1 Å². The fourth-order valence-corrected chi connectivity index (χ4v) is 4.20. The summed E-state index contributed by atoms with van der Waals surface area (Å²) < 4.78 is 25.0. The average Bonchev–Trinajstić information content (AvgIpc) is 2.91. The highest BCUT2D eigenvalue weighted by Gasteiger charge is 2.32. The fraction of sp³-hybridized carbons (Fsp3) is 0.409. The van der Waals surface area contributed by atoms with Gasteiger partial charge in [0, 0.05) is 44.1 Å². The summed E-state index contributed by atoms with van der Waals surface area (Å²) in [6, 6.07) is 11.7. The van der Waals surface area contributed by atoms with Gasteiger partial charge >= 0.3 is 0 Å². The van der Waals surface area contributed by atoms with E-state index in [0.717, 1.165) is 22.9 Å². The summed E-state index contributed by atoms with van der Waals surface area (Å²) in [6.07, 6.45) is 5.00. The minimum atomic E-state index is -3.47. The van der Waals surface area contributed by atoms with Crippen LogP contribution >= 0.6 is 0 Å². The third-order valence-electron chi connectivity index (χ3n) is 5.42. The molecule has 0 radical (unpaired) electrons. The Morgan fingerprint density at radius 3 is 2.65 bits per heavy atom. The SMILES string of the molecule is CCN1CCN(C(=O)CNS(C)(=O)=O)CC(Cc2ccccc2-c2cccnc2)C1=O. The van der Waals surface area contributed by atoms with Crippen LogP contribution in [0.3, 0.4) is 0 Å². The Kier molecular flexibility index (Phi) is 7.40. The Bertz CT molecular complexity index is 1030. The Balaban J connectivity index is 1.84. The number of rotatable bonds is 7. The van der Waals surface area contributed by atoms with E-state index in [0.29, 0.717) is 26.1 Å². The molecule has 1 fully saturated rings. The normalized spacial score (nSPS) is 17.5. The Morgan fingerprint density at radius 2 is 1.97 bits per heavy atom. The number of benzene rings is 1. The first-order valence-electron chi connectivity index (χ1n) is 10.3. The van der Waals surface area contributed by atoms with E-state index in [9.17, 15) is 18.0 Å². The molecule has 1 aliphatic heterocycles. The van der Waals surface area contributed by atoms with Crippen molar-refractivity contribution in [3.05, 3.63) is 54.4 Å². The molecule has 1 N–H and O–H groups in total. The number of amides is 2. The third kappa shape index (κ3) is 6.11. The maximum Gasteiger partial charge on any atom is 0.237 e. The second-order valence-electron chi connectivity index (χ2n) is 7.65. The number of hydrogen-bond acceptors (Lipinski definition) is 5. The zero-order valence-electron chi connectivity index (χ0n) is 17.8. The van der Waals surface area contributed by atoms with E-state index < -0.39 is 15.9 Å². The van der Waals surface area contributed by atoms with Crippen molar-refractivity contribution in [2.24, 2.45) is 5.92 Å². The van der Waals surface area contributed by atoms with Crippen LogP contribution in [-0.2, 0) is 26.0 Å². The third-order valence-corrected chi connectivity index (χ3v) is 6.09. The highest BCUT2D eigenvalue weighted by Crippen LogP contribution is 2.26. The number of pyridine rings is 1. The van der Waals surface area contributed by atoms with Crippen molar-refractivity contribution in [1.82, 2.24) is 19.5 Å². The van der Waals surface area contributed by atoms with Crippen molar-refractivity contribution in [2.75, 3.05) is 39.0 Å². The maximum atomic E-state index is 13.2. The van der Waals surface area contributed by atoms with Crippen molar-refractivity contribution in [1.29, 1.82) is 0 Å². The predicted octanol–water partition coefficient (Wildman–Crippen LogP) is 1.15. The molecule has 2 aromatic rings. The molecule has 0 bridgehead atoms. The second-order valence-corrected chi connectivity index (χ2v) is 9.48. The number of nitrogens with one attached hydrogen (secondary N) is 1. The van der Waals surface area contributed by atoms with E-state index in [1.54, 1.807) is 22.2 Å². The Morgan fingerprint density at radius 1 is 1.19 bits per heavy atom. The molecule has 8 nitrogen and oxygen atoms in total. The first-order chi connectivity index (χ1) is 14.8. The van der Waals surface area contributed by atoms with E-state index in [1.165, 1.54) is 0 Å². The topological polar surface area (TPSA) is 99.7 Å². The molecule has 1 aromatic carbocycles. The van der Waals surface area contributed by atoms with E-state index in [2.05, 4.69) is 9.71 Å². The van der Waals surface area contributed by atoms with Crippen LogP contribution in [0, 0.1) is 5.92 Å². The minimum Gasteiger partial charge on any atom is -0.341 e. The van der Waals surface area contributed by atoms with Gasteiger partial charge in [0.1, 0.15) is 0 Å². The van der Waals surface area contributed by atoms with Crippen molar-refractivity contribution >= 4 is 21.8 Å². The summed E-state index contributed by atoms with van der Waals surface area (Å²) in [7, 11) is -3.47. The number of sulfonamides is 1. The molecular formula is C22H28N4O4S. The van der Waals surface area contributed by atoms with E-state index in [4.69, 9.17) is 0 Å². The first kappa shape index (κ1) is 22.9. The largest absolute Gasteiger partial charge is 0.341 e. The molecule has 1 aromatic heterocycles. The molecule has 1 unspecified atom stereocenters. The lowest BCUT2D eigenvalue weighted by molar-refractivity contribution is -0.134. The number of aromatic nitrogens is 1. The van der Waals surface area contributed by atoms with Gasteiger partial charge in [-0.05, 0) is 30.5 Å². The van der Waals surface area contributed by atoms with Gasteiger partial charge in [-0.3, -0.25) is 14.6 Å². The summed E-state index contributed by atoms with van der Waals surface area (Å²) in [5.41, 5.74) is 2.98. The zero-order valence-corrected chi connectivity index (χ0v) is 18.6. The van der Waals surface area contributed by atoms with Gasteiger partial charge in [-0.2, -0.15) is 0 Å². The summed E-state index contributed by atoms with van der Waals surface area (Å²) >= 11 is 0. The molecule has 166 valence electrons. The molecule has 2 heterocycles. The smallest absolute Gasteiger partial charge is 0.237 e. The van der Waals surface area contributed by atoms with Crippen LogP contribution in [0.1, 0.15) is 12.5 Å². The lowest BCUT2D eigenvalue weighted by atomic mass is 9.91. The molecule has 0 spiro atoms. The quantitative estimate of drug-likeness (QED) is 0.691. The van der Waals surface area contributed by atoms with E-state index in [-0.39, 0.29) is 24.9 Å². The number of likely N-dealkylation sites (N-methyl/N-ethyl adjacent to an activating group) is 1. The molecule has 0 saturated carbocycles. The van der Waals surface area contributed by atoms with Gasteiger partial charge < -0.3 is 9.80 Å². The molecule has 0 aliphatic carbocycles. The van der Waals surface area contributed by atoms with Crippen LogP contribution in [0.4, 0.5) is 0 Å². The standard InChI is InChI=1S/C22H28N4O4S/c1-3-25-11-12-26(21(27)15-24-31(2,29)30)16-19(22(25)28)13-17-7-4-5-9-20(17)18-8-6-10-23-14-18/h4-10,14,19,24H,3,11-13,15-16H2,1-2H3. The van der Waals surface area contributed by atoms with Crippen LogP contribution in [-0.4, -0.2) is 74.0 Å². The Labute approximate surface area is 183 Å². The van der Waals surface area contributed by atoms with Crippen LogP contribution in [0.5, 0.6) is 0 Å². The maximum absolute atomic E-state index is 13.2. The molecule has 9 heteroatoms. The average molecular weight is 445 g/mol. The predicted molar refractivity (Wildman–Crippen MR) is 119 cm³/mol. The van der Waals surface area contributed by atoms with Crippen LogP contribution < -0.4 is 4.72 Å². The number of carbonyl (C=O) groups is 2.